The Labute approximate surface area is 93.4 Å². The maximum atomic E-state index is 5.69. The molecule has 0 radical (unpaired) electrons. The summed E-state index contributed by atoms with van der Waals surface area (Å²) in [5, 5.41) is 0. The molecule has 0 amide bonds. The molecule has 0 aromatic carbocycles. The van der Waals surface area contributed by atoms with Crippen molar-refractivity contribution in [2.24, 2.45) is 5.73 Å². The molecule has 1 aromatic heterocycles. The normalized spacial score (nSPS) is 20.1. The van der Waals surface area contributed by atoms with Crippen LogP contribution in [0, 0.1) is 0 Å². The fraction of sp³-hybridized carbons (Fsp3) is 0.400. The number of pyridine rings is 1. The standard InChI is InChI=1S/C10H12N2O2S/c11-10(15)9-5-7(1-3-12-9)14-8-2-4-13-6-8/h1,3,5,8H,2,4,6H2,(H2,11,15). The van der Waals surface area contributed by atoms with Gasteiger partial charge in [-0.2, -0.15) is 0 Å². The van der Waals surface area contributed by atoms with Gasteiger partial charge in [0.1, 0.15) is 22.5 Å². The van der Waals surface area contributed by atoms with Gasteiger partial charge in [0.25, 0.3) is 0 Å². The van der Waals surface area contributed by atoms with Crippen LogP contribution < -0.4 is 10.5 Å². The van der Waals surface area contributed by atoms with E-state index >= 15 is 0 Å². The lowest BCUT2D eigenvalue weighted by Crippen LogP contribution is -2.17. The lowest BCUT2D eigenvalue weighted by Gasteiger charge is -2.11. The van der Waals surface area contributed by atoms with Crippen LogP contribution >= 0.6 is 12.2 Å². The van der Waals surface area contributed by atoms with Crippen molar-refractivity contribution in [1.29, 1.82) is 0 Å². The molecule has 2 N–H and O–H groups in total. The number of aromatic nitrogens is 1. The van der Waals surface area contributed by atoms with Crippen LogP contribution in [0.15, 0.2) is 18.3 Å². The van der Waals surface area contributed by atoms with Crippen LogP contribution in [-0.4, -0.2) is 29.3 Å². The van der Waals surface area contributed by atoms with Crippen LogP contribution in [0.5, 0.6) is 5.75 Å². The molecule has 1 unspecified atom stereocenters. The molecule has 2 rings (SSSR count). The third-order valence-corrected chi connectivity index (χ3v) is 2.38. The fourth-order valence-electron chi connectivity index (χ4n) is 1.42. The Hall–Kier alpha value is -1.20. The molecule has 2 heterocycles. The third kappa shape index (κ3) is 2.64. The second-order valence-electron chi connectivity index (χ2n) is 3.34. The van der Waals surface area contributed by atoms with Gasteiger partial charge in [-0.1, -0.05) is 12.2 Å². The monoisotopic (exact) mass is 224 g/mol. The molecule has 0 spiro atoms. The summed E-state index contributed by atoms with van der Waals surface area (Å²) in [6, 6.07) is 3.54. The highest BCUT2D eigenvalue weighted by molar-refractivity contribution is 7.80. The maximum absolute atomic E-state index is 5.69. The minimum absolute atomic E-state index is 0.131. The third-order valence-electron chi connectivity index (χ3n) is 2.17. The van der Waals surface area contributed by atoms with E-state index in [4.69, 9.17) is 27.4 Å². The topological polar surface area (TPSA) is 57.4 Å². The summed E-state index contributed by atoms with van der Waals surface area (Å²) in [7, 11) is 0. The van der Waals surface area contributed by atoms with Crippen molar-refractivity contribution in [3.8, 4) is 5.75 Å². The number of nitrogens with zero attached hydrogens (tertiary/aromatic N) is 1. The van der Waals surface area contributed by atoms with E-state index in [1.807, 2.05) is 0 Å². The van der Waals surface area contributed by atoms with Gasteiger partial charge in [0.2, 0.25) is 0 Å². The predicted octanol–water partition coefficient (Wildman–Crippen LogP) is 0.883. The molecular weight excluding hydrogens is 212 g/mol. The van der Waals surface area contributed by atoms with Crippen molar-refractivity contribution < 1.29 is 9.47 Å². The average Bonchev–Trinajstić information content (AvgIpc) is 2.71. The first-order chi connectivity index (χ1) is 7.25. The lowest BCUT2D eigenvalue weighted by atomic mass is 10.3. The smallest absolute Gasteiger partial charge is 0.124 e. The van der Waals surface area contributed by atoms with Gasteiger partial charge in [-0.25, -0.2) is 0 Å². The van der Waals surface area contributed by atoms with Gasteiger partial charge < -0.3 is 15.2 Å². The van der Waals surface area contributed by atoms with Crippen molar-refractivity contribution in [2.45, 2.75) is 12.5 Å². The summed E-state index contributed by atoms with van der Waals surface area (Å²) in [6.07, 6.45) is 2.69. The van der Waals surface area contributed by atoms with E-state index in [2.05, 4.69) is 4.98 Å². The van der Waals surface area contributed by atoms with Gasteiger partial charge in [0.15, 0.2) is 0 Å². The number of nitrogens with two attached hydrogens (primary N) is 1. The molecule has 15 heavy (non-hydrogen) atoms. The van der Waals surface area contributed by atoms with Crippen molar-refractivity contribution >= 4 is 17.2 Å². The second-order valence-corrected chi connectivity index (χ2v) is 3.78. The SMILES string of the molecule is NC(=S)c1cc(OC2CCOC2)ccn1. The summed E-state index contributed by atoms with van der Waals surface area (Å²) < 4.78 is 10.9. The van der Waals surface area contributed by atoms with Crippen molar-refractivity contribution in [1.82, 2.24) is 4.98 Å². The molecule has 80 valence electrons. The highest BCUT2D eigenvalue weighted by atomic mass is 32.1. The Bertz CT molecular complexity index is 364. The first-order valence-corrected chi connectivity index (χ1v) is 5.17. The quantitative estimate of drug-likeness (QED) is 0.772. The number of rotatable bonds is 3. The molecule has 4 nitrogen and oxygen atoms in total. The summed E-state index contributed by atoms with van der Waals surface area (Å²) >= 11 is 4.84. The van der Waals surface area contributed by atoms with Crippen molar-refractivity contribution in [2.75, 3.05) is 13.2 Å². The molecule has 0 aliphatic carbocycles. The molecule has 0 bridgehead atoms. The molecule has 1 saturated heterocycles. The second kappa shape index (κ2) is 4.55. The van der Waals surface area contributed by atoms with Crippen LogP contribution in [0.2, 0.25) is 0 Å². The fourth-order valence-corrected chi connectivity index (χ4v) is 1.53. The lowest BCUT2D eigenvalue weighted by molar-refractivity contribution is 0.141. The Balaban J connectivity index is 2.07. The van der Waals surface area contributed by atoms with E-state index in [1.54, 1.807) is 18.3 Å². The Morgan fingerprint density at radius 1 is 1.67 bits per heavy atom. The van der Waals surface area contributed by atoms with Crippen LogP contribution in [-0.2, 0) is 4.74 Å². The first kappa shape index (κ1) is 10.3. The van der Waals surface area contributed by atoms with Gasteiger partial charge in [0.05, 0.1) is 13.2 Å². The minimum Gasteiger partial charge on any atom is -0.488 e. The van der Waals surface area contributed by atoms with E-state index in [1.165, 1.54) is 0 Å². The number of thiocarbonyl (C=S) groups is 1. The zero-order chi connectivity index (χ0) is 10.7. The molecule has 0 saturated carbocycles. The Morgan fingerprint density at radius 2 is 2.53 bits per heavy atom. The van der Waals surface area contributed by atoms with Crippen molar-refractivity contribution in [3.05, 3.63) is 24.0 Å². The zero-order valence-corrected chi connectivity index (χ0v) is 9.00. The van der Waals surface area contributed by atoms with Gasteiger partial charge >= 0.3 is 0 Å². The van der Waals surface area contributed by atoms with E-state index in [-0.39, 0.29) is 11.1 Å². The molecule has 1 fully saturated rings. The minimum atomic E-state index is 0.131. The highest BCUT2D eigenvalue weighted by Gasteiger charge is 2.17. The van der Waals surface area contributed by atoms with Crippen molar-refractivity contribution in [3.63, 3.8) is 0 Å². The van der Waals surface area contributed by atoms with Crippen LogP contribution in [0.4, 0.5) is 0 Å². The molecule has 1 atom stereocenters. The predicted molar refractivity (Wildman–Crippen MR) is 60.0 cm³/mol. The van der Waals surface area contributed by atoms with Gasteiger partial charge in [-0.15, -0.1) is 0 Å². The number of hydrogen-bond donors (Lipinski definition) is 1. The highest BCUT2D eigenvalue weighted by Crippen LogP contribution is 2.16. The summed E-state index contributed by atoms with van der Waals surface area (Å²) in [5.74, 6) is 0.739. The zero-order valence-electron chi connectivity index (χ0n) is 8.18. The number of ether oxygens (including phenoxy) is 2. The van der Waals surface area contributed by atoms with Crippen LogP contribution in [0.1, 0.15) is 12.1 Å². The van der Waals surface area contributed by atoms with Gasteiger partial charge in [-0.05, 0) is 6.07 Å². The molecular formula is C10H12N2O2S. The average molecular weight is 224 g/mol. The Kier molecular flexibility index (Phi) is 3.13. The summed E-state index contributed by atoms with van der Waals surface area (Å²) in [5.41, 5.74) is 6.06. The molecule has 1 aromatic rings. The first-order valence-electron chi connectivity index (χ1n) is 4.76. The molecule has 1 aliphatic heterocycles. The van der Waals surface area contributed by atoms with Gasteiger partial charge in [-0.3, -0.25) is 4.98 Å². The summed E-state index contributed by atoms with van der Waals surface area (Å²) in [4.78, 5) is 4.32. The molecule has 1 aliphatic rings. The van der Waals surface area contributed by atoms with E-state index < -0.39 is 0 Å². The summed E-state index contributed by atoms with van der Waals surface area (Å²) in [6.45, 7) is 1.41. The largest absolute Gasteiger partial charge is 0.488 e. The number of hydrogen-bond acceptors (Lipinski definition) is 4. The molecule has 5 heteroatoms. The maximum Gasteiger partial charge on any atom is 0.124 e. The Morgan fingerprint density at radius 3 is 3.20 bits per heavy atom. The van der Waals surface area contributed by atoms with Crippen LogP contribution in [0.3, 0.4) is 0 Å². The van der Waals surface area contributed by atoms with Gasteiger partial charge in [0, 0.05) is 18.7 Å². The van der Waals surface area contributed by atoms with Crippen LogP contribution in [0.25, 0.3) is 0 Å². The van der Waals surface area contributed by atoms with E-state index in [0.29, 0.717) is 12.3 Å². The van der Waals surface area contributed by atoms with E-state index in [9.17, 15) is 0 Å². The van der Waals surface area contributed by atoms with E-state index in [0.717, 1.165) is 18.8 Å².